The fourth-order valence-corrected chi connectivity index (χ4v) is 3.94. The van der Waals surface area contributed by atoms with Crippen molar-refractivity contribution in [3.8, 4) is 5.69 Å². The van der Waals surface area contributed by atoms with Crippen molar-refractivity contribution >= 4 is 40.0 Å². The second kappa shape index (κ2) is 8.55. The fourth-order valence-electron chi connectivity index (χ4n) is 3.32. The van der Waals surface area contributed by atoms with Crippen LogP contribution in [0, 0.1) is 0 Å². The number of halogens is 3. The third kappa shape index (κ3) is 4.51. The molecular weight excluding hydrogens is 449 g/mol. The van der Waals surface area contributed by atoms with Crippen LogP contribution in [0.25, 0.3) is 16.9 Å². The number of anilines is 3. The van der Waals surface area contributed by atoms with Gasteiger partial charge in [0.05, 0.1) is 11.3 Å². The minimum Gasteiger partial charge on any atom is -0.364 e. The highest BCUT2D eigenvalue weighted by atomic mass is 32.1. The van der Waals surface area contributed by atoms with E-state index in [0.717, 1.165) is 23.4 Å². The summed E-state index contributed by atoms with van der Waals surface area (Å²) >= 11 is 1.55. The molecule has 0 aliphatic carbocycles. The van der Waals surface area contributed by atoms with E-state index < -0.39 is 11.7 Å². The highest BCUT2D eigenvalue weighted by Gasteiger charge is 2.30. The molecule has 0 bridgehead atoms. The number of hydrogen-bond acceptors (Lipinski definition) is 6. The van der Waals surface area contributed by atoms with Crippen LogP contribution in [0.15, 0.2) is 77.8 Å². The minimum absolute atomic E-state index is 0.245. The lowest BCUT2D eigenvalue weighted by Crippen LogP contribution is -2.07. The molecule has 6 nitrogen and oxygen atoms in total. The second-order valence-corrected chi connectivity index (χ2v) is 7.98. The highest BCUT2D eigenvalue weighted by molar-refractivity contribution is 7.08. The van der Waals surface area contributed by atoms with E-state index in [2.05, 4.69) is 25.6 Å². The Morgan fingerprint density at radius 2 is 1.73 bits per heavy atom. The maximum Gasteiger partial charge on any atom is 0.416 e. The van der Waals surface area contributed by atoms with E-state index >= 15 is 0 Å². The zero-order valence-corrected chi connectivity index (χ0v) is 17.9. The zero-order valence-electron chi connectivity index (χ0n) is 17.0. The molecule has 33 heavy (non-hydrogen) atoms. The molecule has 0 aliphatic heterocycles. The van der Waals surface area contributed by atoms with Crippen LogP contribution in [-0.2, 0) is 12.7 Å². The summed E-state index contributed by atoms with van der Waals surface area (Å²) < 4.78 is 40.5. The van der Waals surface area contributed by atoms with Gasteiger partial charge in [0.15, 0.2) is 17.0 Å². The van der Waals surface area contributed by atoms with Gasteiger partial charge < -0.3 is 10.6 Å². The first-order valence-corrected chi connectivity index (χ1v) is 10.9. The third-order valence-corrected chi connectivity index (χ3v) is 5.62. The Kier molecular flexibility index (Phi) is 5.43. The van der Waals surface area contributed by atoms with E-state index in [4.69, 9.17) is 0 Å². The smallest absolute Gasteiger partial charge is 0.364 e. The van der Waals surface area contributed by atoms with Crippen molar-refractivity contribution in [2.24, 2.45) is 0 Å². The van der Waals surface area contributed by atoms with Crippen LogP contribution in [-0.4, -0.2) is 19.5 Å². The van der Waals surface area contributed by atoms with Gasteiger partial charge in [-0.1, -0.05) is 30.3 Å². The minimum atomic E-state index is -4.39. The van der Waals surface area contributed by atoms with Crippen molar-refractivity contribution in [2.75, 3.05) is 10.6 Å². The molecule has 2 aromatic carbocycles. The molecule has 3 heterocycles. The summed E-state index contributed by atoms with van der Waals surface area (Å²) in [6.45, 7) is 0.526. The molecule has 0 unspecified atom stereocenters. The Labute approximate surface area is 190 Å². The molecule has 2 N–H and O–H groups in total. The maximum atomic E-state index is 12.9. The van der Waals surface area contributed by atoms with Crippen molar-refractivity contribution in [3.63, 3.8) is 0 Å². The lowest BCUT2D eigenvalue weighted by molar-refractivity contribution is -0.137. The monoisotopic (exact) mass is 466 g/mol. The average Bonchev–Trinajstić information content (AvgIpc) is 3.48. The van der Waals surface area contributed by atoms with Gasteiger partial charge in [-0.25, -0.2) is 4.98 Å². The van der Waals surface area contributed by atoms with E-state index in [0.29, 0.717) is 29.2 Å². The normalized spacial score (nSPS) is 11.6. The maximum absolute atomic E-state index is 12.9. The van der Waals surface area contributed by atoms with Gasteiger partial charge in [-0.15, -0.1) is 0 Å². The van der Waals surface area contributed by atoms with Gasteiger partial charge in [0.1, 0.15) is 6.33 Å². The number of aromatic nitrogens is 4. The number of benzene rings is 2. The first-order valence-electron chi connectivity index (χ1n) is 9.97. The van der Waals surface area contributed by atoms with Crippen LogP contribution in [0.1, 0.15) is 11.1 Å². The summed E-state index contributed by atoms with van der Waals surface area (Å²) in [5.74, 6) is 0.766. The summed E-state index contributed by atoms with van der Waals surface area (Å²) in [6.07, 6.45) is -2.72. The lowest BCUT2D eigenvalue weighted by atomic mass is 10.2. The van der Waals surface area contributed by atoms with Crippen LogP contribution < -0.4 is 10.6 Å². The number of rotatable bonds is 6. The topological polar surface area (TPSA) is 67.7 Å². The van der Waals surface area contributed by atoms with Gasteiger partial charge in [0.25, 0.3) is 0 Å². The Morgan fingerprint density at radius 3 is 2.42 bits per heavy atom. The van der Waals surface area contributed by atoms with Crippen molar-refractivity contribution < 1.29 is 13.2 Å². The Morgan fingerprint density at radius 1 is 0.939 bits per heavy atom. The first-order chi connectivity index (χ1) is 16.0. The number of thiophene rings is 1. The number of nitrogens with one attached hydrogen (secondary N) is 2. The van der Waals surface area contributed by atoms with Crippen molar-refractivity contribution in [1.82, 2.24) is 19.5 Å². The predicted octanol–water partition coefficient (Wildman–Crippen LogP) is 6.25. The third-order valence-electron chi connectivity index (χ3n) is 4.95. The standard InChI is InChI=1S/C23H17F3N6S/c24-23(25,26)16-6-8-17(9-7-16)29-22-30-20(27-12-15-4-2-1-3-5-15)19-21(31-22)32(14-28-19)18-10-11-33-13-18/h1-11,13-14H,12H2,(H2,27,29,30,31). The SMILES string of the molecule is FC(F)(F)c1ccc(Nc2nc(NCc3ccccc3)c3ncn(-c4ccsc4)c3n2)cc1. The van der Waals surface area contributed by atoms with Gasteiger partial charge in [0, 0.05) is 17.6 Å². The molecule has 0 atom stereocenters. The molecule has 0 spiro atoms. The number of hydrogen-bond donors (Lipinski definition) is 2. The quantitative estimate of drug-likeness (QED) is 0.310. The zero-order chi connectivity index (χ0) is 22.8. The Hall–Kier alpha value is -3.92. The molecular formula is C23H17F3N6S. The Bertz CT molecular complexity index is 1360. The predicted molar refractivity (Wildman–Crippen MR) is 123 cm³/mol. The highest BCUT2D eigenvalue weighted by Crippen LogP contribution is 2.31. The fraction of sp³-hybridized carbons (Fsp3) is 0.0870. The number of fused-ring (bicyclic) bond motifs is 1. The molecule has 10 heteroatoms. The number of nitrogens with zero attached hydrogens (tertiary/aromatic N) is 4. The van der Waals surface area contributed by atoms with E-state index in [1.807, 2.05) is 51.7 Å². The number of alkyl halides is 3. The largest absolute Gasteiger partial charge is 0.416 e. The summed E-state index contributed by atoms with van der Waals surface area (Å²) in [5.41, 5.74) is 2.88. The van der Waals surface area contributed by atoms with Gasteiger partial charge in [-0.3, -0.25) is 4.57 Å². The summed E-state index contributed by atoms with van der Waals surface area (Å²) in [6, 6.07) is 16.5. The molecule has 0 fully saturated rings. The van der Waals surface area contributed by atoms with Crippen molar-refractivity contribution in [2.45, 2.75) is 12.7 Å². The molecule has 0 radical (unpaired) electrons. The summed E-state index contributed by atoms with van der Waals surface area (Å²) in [4.78, 5) is 13.6. The van der Waals surface area contributed by atoms with Crippen LogP contribution in [0.2, 0.25) is 0 Å². The van der Waals surface area contributed by atoms with Gasteiger partial charge in [-0.05, 0) is 41.3 Å². The van der Waals surface area contributed by atoms with Crippen LogP contribution in [0.3, 0.4) is 0 Å². The molecule has 166 valence electrons. The van der Waals surface area contributed by atoms with Crippen LogP contribution in [0.5, 0.6) is 0 Å². The molecule has 0 amide bonds. The van der Waals surface area contributed by atoms with Gasteiger partial charge in [0.2, 0.25) is 5.95 Å². The van der Waals surface area contributed by atoms with Crippen LogP contribution >= 0.6 is 11.3 Å². The molecule has 0 aliphatic rings. The molecule has 0 saturated heterocycles. The van der Waals surface area contributed by atoms with Crippen molar-refractivity contribution in [1.29, 1.82) is 0 Å². The Balaban J connectivity index is 1.51. The van der Waals surface area contributed by atoms with E-state index in [9.17, 15) is 13.2 Å². The van der Waals surface area contributed by atoms with Gasteiger partial charge in [-0.2, -0.15) is 34.5 Å². The molecule has 0 saturated carbocycles. The molecule has 5 aromatic rings. The summed E-state index contributed by atoms with van der Waals surface area (Å²) in [5, 5.41) is 10.2. The first kappa shape index (κ1) is 21.0. The van der Waals surface area contributed by atoms with E-state index in [1.165, 1.54) is 12.1 Å². The average molecular weight is 466 g/mol. The van der Waals surface area contributed by atoms with Gasteiger partial charge >= 0.3 is 6.18 Å². The second-order valence-electron chi connectivity index (χ2n) is 7.20. The lowest BCUT2D eigenvalue weighted by Gasteiger charge is -2.12. The van der Waals surface area contributed by atoms with Crippen LogP contribution in [0.4, 0.5) is 30.6 Å². The van der Waals surface area contributed by atoms with E-state index in [1.54, 1.807) is 17.7 Å². The molecule has 3 aromatic heterocycles. The number of imidazole rings is 1. The molecule has 5 rings (SSSR count). The van der Waals surface area contributed by atoms with Crippen molar-refractivity contribution in [3.05, 3.63) is 88.9 Å². The summed E-state index contributed by atoms with van der Waals surface area (Å²) in [7, 11) is 0. The van der Waals surface area contributed by atoms with E-state index in [-0.39, 0.29) is 5.95 Å².